The molecule has 2 aromatic heterocycles. The molecule has 0 bridgehead atoms. The number of aromatic nitrogens is 2. The predicted molar refractivity (Wildman–Crippen MR) is 75.1 cm³/mol. The fourth-order valence-corrected chi connectivity index (χ4v) is 2.10. The lowest BCUT2D eigenvalue weighted by Crippen LogP contribution is -2.24. The van der Waals surface area contributed by atoms with Gasteiger partial charge in [0.15, 0.2) is 0 Å². The van der Waals surface area contributed by atoms with E-state index in [4.69, 9.17) is 4.74 Å². The lowest BCUT2D eigenvalue weighted by Gasteiger charge is -2.19. The molecule has 0 amide bonds. The van der Waals surface area contributed by atoms with Crippen LogP contribution in [0.2, 0.25) is 0 Å². The third-order valence-corrected chi connectivity index (χ3v) is 2.99. The average molecular weight is 257 g/mol. The van der Waals surface area contributed by atoms with Gasteiger partial charge in [-0.05, 0) is 42.8 Å². The fourth-order valence-electron chi connectivity index (χ4n) is 2.10. The van der Waals surface area contributed by atoms with Gasteiger partial charge in [-0.2, -0.15) is 0 Å². The summed E-state index contributed by atoms with van der Waals surface area (Å²) in [6, 6.07) is 8.03. The molecule has 0 aliphatic carbocycles. The molecule has 1 atom stereocenters. The van der Waals surface area contributed by atoms with E-state index in [2.05, 4.69) is 22.2 Å². The van der Waals surface area contributed by atoms with E-state index in [1.54, 1.807) is 13.3 Å². The Morgan fingerprint density at radius 2 is 2.00 bits per heavy atom. The number of pyridine rings is 2. The van der Waals surface area contributed by atoms with Gasteiger partial charge >= 0.3 is 0 Å². The summed E-state index contributed by atoms with van der Waals surface area (Å²) in [5.41, 5.74) is 2.18. The number of nitrogens with one attached hydrogen (secondary N) is 1. The van der Waals surface area contributed by atoms with Gasteiger partial charge in [0.05, 0.1) is 18.8 Å². The molecule has 2 rings (SSSR count). The summed E-state index contributed by atoms with van der Waals surface area (Å²) >= 11 is 0. The van der Waals surface area contributed by atoms with Gasteiger partial charge in [-0.3, -0.25) is 9.97 Å². The molecule has 2 aromatic rings. The quantitative estimate of drug-likeness (QED) is 0.863. The Morgan fingerprint density at radius 3 is 2.68 bits per heavy atom. The number of ether oxygens (including phenoxy) is 1. The SMILES string of the molecule is CCNC(Cc1ccncc1)c1ncccc1OC. The first-order chi connectivity index (χ1) is 9.35. The molecule has 1 N–H and O–H groups in total. The highest BCUT2D eigenvalue weighted by molar-refractivity contribution is 5.31. The first-order valence-corrected chi connectivity index (χ1v) is 6.46. The molecule has 1 unspecified atom stereocenters. The predicted octanol–water partition coefficient (Wildman–Crippen LogP) is 2.38. The van der Waals surface area contributed by atoms with Crippen molar-refractivity contribution < 1.29 is 4.74 Å². The molecule has 100 valence electrons. The van der Waals surface area contributed by atoms with Crippen LogP contribution in [0.15, 0.2) is 42.9 Å². The van der Waals surface area contributed by atoms with E-state index < -0.39 is 0 Å². The van der Waals surface area contributed by atoms with Crippen LogP contribution in [0.4, 0.5) is 0 Å². The van der Waals surface area contributed by atoms with Crippen molar-refractivity contribution in [2.24, 2.45) is 0 Å². The van der Waals surface area contributed by atoms with Crippen LogP contribution in [0.3, 0.4) is 0 Å². The first kappa shape index (κ1) is 13.5. The summed E-state index contributed by atoms with van der Waals surface area (Å²) in [6.45, 7) is 2.98. The minimum atomic E-state index is 0.142. The van der Waals surface area contributed by atoms with E-state index in [0.29, 0.717) is 0 Å². The molecule has 0 aromatic carbocycles. The van der Waals surface area contributed by atoms with Gasteiger partial charge in [0.2, 0.25) is 0 Å². The van der Waals surface area contributed by atoms with E-state index in [9.17, 15) is 0 Å². The highest BCUT2D eigenvalue weighted by Crippen LogP contribution is 2.25. The molecular formula is C15H19N3O. The number of methoxy groups -OCH3 is 1. The number of rotatable bonds is 6. The standard InChI is InChI=1S/C15H19N3O/c1-3-17-13(11-12-6-9-16-10-7-12)15-14(19-2)5-4-8-18-15/h4-10,13,17H,3,11H2,1-2H3. The van der Waals surface area contributed by atoms with Crippen LogP contribution in [0, 0.1) is 0 Å². The summed E-state index contributed by atoms with van der Waals surface area (Å²) in [5, 5.41) is 3.46. The van der Waals surface area contributed by atoms with Crippen LogP contribution in [-0.2, 0) is 6.42 Å². The molecule has 0 saturated heterocycles. The second-order valence-corrected chi connectivity index (χ2v) is 4.26. The zero-order valence-electron chi connectivity index (χ0n) is 11.3. The molecule has 4 nitrogen and oxygen atoms in total. The van der Waals surface area contributed by atoms with Crippen molar-refractivity contribution in [1.29, 1.82) is 0 Å². The first-order valence-electron chi connectivity index (χ1n) is 6.46. The average Bonchev–Trinajstić information content (AvgIpc) is 2.48. The topological polar surface area (TPSA) is 47.0 Å². The monoisotopic (exact) mass is 257 g/mol. The largest absolute Gasteiger partial charge is 0.495 e. The molecule has 2 heterocycles. The Kier molecular flexibility index (Phi) is 4.86. The lowest BCUT2D eigenvalue weighted by atomic mass is 10.0. The van der Waals surface area contributed by atoms with Crippen molar-refractivity contribution in [1.82, 2.24) is 15.3 Å². The van der Waals surface area contributed by atoms with Crippen molar-refractivity contribution in [3.05, 3.63) is 54.1 Å². The van der Waals surface area contributed by atoms with Crippen LogP contribution in [-0.4, -0.2) is 23.6 Å². The van der Waals surface area contributed by atoms with E-state index >= 15 is 0 Å². The van der Waals surface area contributed by atoms with Gasteiger partial charge in [0.25, 0.3) is 0 Å². The van der Waals surface area contributed by atoms with Crippen LogP contribution in [0.5, 0.6) is 5.75 Å². The number of hydrogen-bond acceptors (Lipinski definition) is 4. The van der Waals surface area contributed by atoms with Gasteiger partial charge in [-0.1, -0.05) is 6.92 Å². The molecule has 0 aliphatic heterocycles. The Morgan fingerprint density at radius 1 is 1.21 bits per heavy atom. The van der Waals surface area contributed by atoms with Crippen LogP contribution >= 0.6 is 0 Å². The molecule has 0 saturated carbocycles. The van der Waals surface area contributed by atoms with Crippen molar-refractivity contribution in [3.8, 4) is 5.75 Å². The maximum Gasteiger partial charge on any atom is 0.141 e. The van der Waals surface area contributed by atoms with Crippen molar-refractivity contribution in [2.75, 3.05) is 13.7 Å². The van der Waals surface area contributed by atoms with E-state index in [0.717, 1.165) is 24.4 Å². The molecule has 0 spiro atoms. The third-order valence-electron chi connectivity index (χ3n) is 2.99. The minimum Gasteiger partial charge on any atom is -0.495 e. The molecule has 0 aliphatic rings. The van der Waals surface area contributed by atoms with Crippen LogP contribution in [0.25, 0.3) is 0 Å². The molecule has 4 heteroatoms. The van der Waals surface area contributed by atoms with E-state index in [1.807, 2.05) is 36.7 Å². The maximum atomic E-state index is 5.40. The normalized spacial score (nSPS) is 12.1. The second-order valence-electron chi connectivity index (χ2n) is 4.26. The lowest BCUT2D eigenvalue weighted by molar-refractivity contribution is 0.394. The van der Waals surface area contributed by atoms with Gasteiger partial charge in [0.1, 0.15) is 5.75 Å². The Labute approximate surface area is 113 Å². The highest BCUT2D eigenvalue weighted by Gasteiger charge is 2.16. The molecule has 0 radical (unpaired) electrons. The number of nitrogens with zero attached hydrogens (tertiary/aromatic N) is 2. The summed E-state index contributed by atoms with van der Waals surface area (Å²) in [7, 11) is 1.68. The van der Waals surface area contributed by atoms with Crippen molar-refractivity contribution >= 4 is 0 Å². The summed E-state index contributed by atoms with van der Waals surface area (Å²) in [4.78, 5) is 8.51. The molecular weight excluding hydrogens is 238 g/mol. The zero-order chi connectivity index (χ0) is 13.5. The third kappa shape index (κ3) is 3.51. The zero-order valence-corrected chi connectivity index (χ0v) is 11.3. The Balaban J connectivity index is 2.24. The van der Waals surface area contributed by atoms with E-state index in [-0.39, 0.29) is 6.04 Å². The van der Waals surface area contributed by atoms with E-state index in [1.165, 1.54) is 5.56 Å². The molecule has 0 fully saturated rings. The fraction of sp³-hybridized carbons (Fsp3) is 0.333. The van der Waals surface area contributed by atoms with Crippen molar-refractivity contribution in [2.45, 2.75) is 19.4 Å². The summed E-state index contributed by atoms with van der Waals surface area (Å²) in [5.74, 6) is 0.822. The minimum absolute atomic E-state index is 0.142. The van der Waals surface area contributed by atoms with Crippen LogP contribution < -0.4 is 10.1 Å². The van der Waals surface area contributed by atoms with Crippen molar-refractivity contribution in [3.63, 3.8) is 0 Å². The smallest absolute Gasteiger partial charge is 0.141 e. The number of hydrogen-bond donors (Lipinski definition) is 1. The van der Waals surface area contributed by atoms with Gasteiger partial charge in [-0.15, -0.1) is 0 Å². The van der Waals surface area contributed by atoms with Gasteiger partial charge < -0.3 is 10.1 Å². The number of likely N-dealkylation sites (N-methyl/N-ethyl adjacent to an activating group) is 1. The van der Waals surface area contributed by atoms with Crippen LogP contribution in [0.1, 0.15) is 24.2 Å². The molecule has 19 heavy (non-hydrogen) atoms. The van der Waals surface area contributed by atoms with Gasteiger partial charge in [0, 0.05) is 18.6 Å². The summed E-state index contributed by atoms with van der Waals surface area (Å²) < 4.78 is 5.40. The Hall–Kier alpha value is -1.94. The van der Waals surface area contributed by atoms with Gasteiger partial charge in [-0.25, -0.2) is 0 Å². The summed E-state index contributed by atoms with van der Waals surface area (Å²) in [6.07, 6.45) is 6.29. The maximum absolute atomic E-state index is 5.40. The second kappa shape index (κ2) is 6.85. The Bertz CT molecular complexity index is 502. The highest BCUT2D eigenvalue weighted by atomic mass is 16.5.